The lowest BCUT2D eigenvalue weighted by molar-refractivity contribution is -0.125. The molecule has 1 N–H and O–H groups in total. The van der Waals surface area contributed by atoms with Crippen LogP contribution in [0.2, 0.25) is 0 Å². The van der Waals surface area contributed by atoms with Gasteiger partial charge in [-0.1, -0.05) is 13.3 Å². The molecular weight excluding hydrogens is 204 g/mol. The van der Waals surface area contributed by atoms with Gasteiger partial charge in [-0.15, -0.1) is 0 Å². The van der Waals surface area contributed by atoms with Crippen LogP contribution in [0.25, 0.3) is 0 Å². The van der Waals surface area contributed by atoms with Gasteiger partial charge in [-0.05, 0) is 27.2 Å². The quantitative estimate of drug-likeness (QED) is 0.720. The molecule has 0 aromatic heterocycles. The van der Waals surface area contributed by atoms with Crippen LogP contribution in [0.15, 0.2) is 0 Å². The molecule has 0 aliphatic carbocycles. The monoisotopic (exact) mass is 226 g/mol. The van der Waals surface area contributed by atoms with E-state index < -0.39 is 5.92 Å². The summed E-state index contributed by atoms with van der Waals surface area (Å²) in [5.74, 6) is -0.737. The van der Waals surface area contributed by atoms with Crippen molar-refractivity contribution < 1.29 is 9.53 Å². The Balaban J connectivity index is 4.10. The van der Waals surface area contributed by atoms with Crippen LogP contribution in [-0.2, 0) is 9.53 Å². The summed E-state index contributed by atoms with van der Waals surface area (Å²) < 4.78 is 5.46. The molecule has 0 radical (unpaired) electrons. The molecule has 1 atom stereocenters. The third kappa shape index (κ3) is 5.72. The fourth-order valence-electron chi connectivity index (χ4n) is 1.41. The first-order valence-corrected chi connectivity index (χ1v) is 5.78. The van der Waals surface area contributed by atoms with Gasteiger partial charge in [-0.3, -0.25) is 4.79 Å². The van der Waals surface area contributed by atoms with Crippen LogP contribution in [0.5, 0.6) is 0 Å². The van der Waals surface area contributed by atoms with Crippen molar-refractivity contribution >= 4 is 5.91 Å². The second kappa shape index (κ2) is 7.24. The average molecular weight is 226 g/mol. The molecule has 0 saturated heterocycles. The second-order valence-corrected chi connectivity index (χ2v) is 4.38. The molecule has 1 amide bonds. The number of ether oxygens (including phenoxy) is 1. The minimum absolute atomic E-state index is 0.197. The van der Waals surface area contributed by atoms with E-state index in [9.17, 15) is 4.79 Å². The zero-order valence-electron chi connectivity index (χ0n) is 10.7. The largest absolute Gasteiger partial charge is 0.374 e. The van der Waals surface area contributed by atoms with Gasteiger partial charge in [0.2, 0.25) is 5.91 Å². The van der Waals surface area contributed by atoms with Gasteiger partial charge in [0.15, 0.2) is 0 Å². The average Bonchev–Trinajstić information content (AvgIpc) is 2.22. The number of hydrogen-bond acceptors (Lipinski definition) is 3. The highest BCUT2D eigenvalue weighted by Crippen LogP contribution is 2.09. The van der Waals surface area contributed by atoms with Crippen molar-refractivity contribution in [3.05, 3.63) is 0 Å². The lowest BCUT2D eigenvalue weighted by Crippen LogP contribution is -2.42. The molecule has 4 nitrogen and oxygen atoms in total. The number of rotatable bonds is 7. The summed E-state index contributed by atoms with van der Waals surface area (Å²) in [6.07, 6.45) is 1.44. The number of hydrogen-bond donors (Lipinski definition) is 1. The lowest BCUT2D eigenvalue weighted by atomic mass is 10.0. The number of amides is 1. The number of nitriles is 1. The van der Waals surface area contributed by atoms with E-state index in [1.165, 1.54) is 0 Å². The summed E-state index contributed by atoms with van der Waals surface area (Å²) >= 11 is 0. The van der Waals surface area contributed by atoms with E-state index in [0.717, 1.165) is 6.42 Å². The number of nitrogens with one attached hydrogen (secondary N) is 1. The standard InChI is InChI=1S/C12H22N2O2/c1-5-7-10(8-13)11(15)14-9-12(3,4)16-6-2/h10H,5-7,9H2,1-4H3,(H,14,15). The molecule has 92 valence electrons. The predicted molar refractivity (Wildman–Crippen MR) is 62.7 cm³/mol. The Labute approximate surface area is 98.0 Å². The first-order valence-electron chi connectivity index (χ1n) is 5.78. The normalized spacial score (nSPS) is 12.9. The van der Waals surface area contributed by atoms with Crippen LogP contribution in [-0.4, -0.2) is 24.7 Å². The third-order valence-corrected chi connectivity index (χ3v) is 2.27. The molecular formula is C12H22N2O2. The third-order valence-electron chi connectivity index (χ3n) is 2.27. The number of carbonyl (C=O) groups excluding carboxylic acids is 1. The van der Waals surface area contributed by atoms with Crippen LogP contribution in [0.4, 0.5) is 0 Å². The van der Waals surface area contributed by atoms with Gasteiger partial charge in [-0.2, -0.15) is 5.26 Å². The van der Waals surface area contributed by atoms with Gasteiger partial charge in [0.05, 0.1) is 11.7 Å². The number of nitrogens with zero attached hydrogens (tertiary/aromatic N) is 1. The van der Waals surface area contributed by atoms with E-state index in [-0.39, 0.29) is 11.5 Å². The van der Waals surface area contributed by atoms with E-state index in [1.807, 2.05) is 33.8 Å². The Hall–Kier alpha value is -1.08. The SMILES string of the molecule is CCCC(C#N)C(=O)NCC(C)(C)OCC. The minimum atomic E-state index is -0.539. The topological polar surface area (TPSA) is 62.1 Å². The number of carbonyl (C=O) groups is 1. The van der Waals surface area contributed by atoms with Gasteiger partial charge < -0.3 is 10.1 Å². The molecule has 0 rings (SSSR count). The fraction of sp³-hybridized carbons (Fsp3) is 0.833. The molecule has 0 saturated carbocycles. The molecule has 0 fully saturated rings. The Morgan fingerprint density at radius 1 is 1.50 bits per heavy atom. The summed E-state index contributed by atoms with van der Waals surface area (Å²) in [5.41, 5.74) is -0.378. The zero-order valence-corrected chi connectivity index (χ0v) is 10.7. The maximum atomic E-state index is 11.6. The molecule has 0 spiro atoms. The van der Waals surface area contributed by atoms with Crippen LogP contribution in [0.1, 0.15) is 40.5 Å². The first kappa shape index (κ1) is 14.9. The molecule has 0 aliphatic heterocycles. The van der Waals surface area contributed by atoms with Gasteiger partial charge in [-0.25, -0.2) is 0 Å². The van der Waals surface area contributed by atoms with Crippen molar-refractivity contribution in [2.24, 2.45) is 5.92 Å². The molecule has 1 unspecified atom stereocenters. The maximum Gasteiger partial charge on any atom is 0.237 e. The summed E-state index contributed by atoms with van der Waals surface area (Å²) in [7, 11) is 0. The Kier molecular flexibility index (Phi) is 6.75. The van der Waals surface area contributed by atoms with Crippen molar-refractivity contribution in [3.63, 3.8) is 0 Å². The van der Waals surface area contributed by atoms with Crippen molar-refractivity contribution in [3.8, 4) is 6.07 Å². The van der Waals surface area contributed by atoms with Crippen LogP contribution in [0, 0.1) is 17.2 Å². The van der Waals surface area contributed by atoms with Gasteiger partial charge >= 0.3 is 0 Å². The minimum Gasteiger partial charge on any atom is -0.374 e. The summed E-state index contributed by atoms with van der Waals surface area (Å²) in [5, 5.41) is 11.6. The zero-order chi connectivity index (χ0) is 12.6. The molecule has 0 aromatic rings. The molecule has 4 heteroatoms. The summed E-state index contributed by atoms with van der Waals surface area (Å²) in [4.78, 5) is 11.6. The molecule has 0 heterocycles. The predicted octanol–water partition coefficient (Wildman–Crippen LogP) is 1.86. The Bertz CT molecular complexity index is 256. The van der Waals surface area contributed by atoms with Crippen LogP contribution >= 0.6 is 0 Å². The highest BCUT2D eigenvalue weighted by atomic mass is 16.5. The second-order valence-electron chi connectivity index (χ2n) is 4.38. The smallest absolute Gasteiger partial charge is 0.237 e. The van der Waals surface area contributed by atoms with Gasteiger partial charge in [0.25, 0.3) is 0 Å². The first-order chi connectivity index (χ1) is 7.46. The van der Waals surface area contributed by atoms with Crippen molar-refractivity contribution in [2.75, 3.05) is 13.2 Å². The Morgan fingerprint density at radius 2 is 2.12 bits per heavy atom. The molecule has 16 heavy (non-hydrogen) atoms. The van der Waals surface area contributed by atoms with E-state index in [0.29, 0.717) is 19.6 Å². The maximum absolute atomic E-state index is 11.6. The van der Waals surface area contributed by atoms with E-state index in [2.05, 4.69) is 5.32 Å². The van der Waals surface area contributed by atoms with Crippen molar-refractivity contribution in [2.45, 2.75) is 46.1 Å². The lowest BCUT2D eigenvalue weighted by Gasteiger charge is -2.25. The van der Waals surface area contributed by atoms with E-state index in [4.69, 9.17) is 10.00 Å². The van der Waals surface area contributed by atoms with Gasteiger partial charge in [0, 0.05) is 13.2 Å². The Morgan fingerprint density at radius 3 is 2.56 bits per heavy atom. The summed E-state index contributed by atoms with van der Waals surface area (Å²) in [6.45, 7) is 8.75. The fourth-order valence-corrected chi connectivity index (χ4v) is 1.41. The van der Waals surface area contributed by atoms with Crippen LogP contribution in [0.3, 0.4) is 0 Å². The summed E-state index contributed by atoms with van der Waals surface area (Å²) in [6, 6.07) is 2.02. The van der Waals surface area contributed by atoms with E-state index in [1.54, 1.807) is 0 Å². The molecule has 0 aromatic carbocycles. The highest BCUT2D eigenvalue weighted by molar-refractivity contribution is 5.81. The molecule has 0 aliphatic rings. The van der Waals surface area contributed by atoms with Gasteiger partial charge in [0.1, 0.15) is 5.92 Å². The van der Waals surface area contributed by atoms with Crippen molar-refractivity contribution in [1.29, 1.82) is 5.26 Å². The molecule has 0 bridgehead atoms. The van der Waals surface area contributed by atoms with Crippen LogP contribution < -0.4 is 5.32 Å². The highest BCUT2D eigenvalue weighted by Gasteiger charge is 2.22. The van der Waals surface area contributed by atoms with E-state index >= 15 is 0 Å². The van der Waals surface area contributed by atoms with Crippen molar-refractivity contribution in [1.82, 2.24) is 5.32 Å².